The summed E-state index contributed by atoms with van der Waals surface area (Å²) in [6.45, 7) is 7.82. The van der Waals surface area contributed by atoms with Crippen LogP contribution >= 0.6 is 24.8 Å². The van der Waals surface area contributed by atoms with Gasteiger partial charge in [0.2, 0.25) is 0 Å². The van der Waals surface area contributed by atoms with Gasteiger partial charge in [0.25, 0.3) is 0 Å². The molecule has 1 aliphatic heterocycles. The Kier molecular flexibility index (Phi) is 11.7. The molecule has 3 nitrogen and oxygen atoms in total. The Balaban J connectivity index is 0.00000182. The van der Waals surface area contributed by atoms with Gasteiger partial charge in [-0.05, 0) is 42.5 Å². The summed E-state index contributed by atoms with van der Waals surface area (Å²) in [5, 5.41) is 0. The first-order valence-electron chi connectivity index (χ1n) is 9.60. The molecule has 1 aliphatic rings. The third-order valence-corrected chi connectivity index (χ3v) is 5.19. The molecule has 0 atom stereocenters. The van der Waals surface area contributed by atoms with Crippen molar-refractivity contribution in [1.29, 1.82) is 0 Å². The Labute approximate surface area is 176 Å². The van der Waals surface area contributed by atoms with Crippen molar-refractivity contribution in [2.24, 2.45) is 5.73 Å². The van der Waals surface area contributed by atoms with Gasteiger partial charge in [0.05, 0.1) is 0 Å². The van der Waals surface area contributed by atoms with Crippen LogP contribution < -0.4 is 5.73 Å². The molecule has 5 heteroatoms. The van der Waals surface area contributed by atoms with Crippen LogP contribution in [0.15, 0.2) is 54.6 Å². The predicted molar refractivity (Wildman–Crippen MR) is 120 cm³/mol. The zero-order chi connectivity index (χ0) is 17.3. The Morgan fingerprint density at radius 3 is 1.93 bits per heavy atom. The quantitative estimate of drug-likeness (QED) is 0.719. The summed E-state index contributed by atoms with van der Waals surface area (Å²) in [7, 11) is 0. The molecule has 150 valence electrons. The average molecular weight is 410 g/mol. The normalized spacial score (nSPS) is 15.0. The molecule has 2 N–H and O–H groups in total. The van der Waals surface area contributed by atoms with Gasteiger partial charge in [0.15, 0.2) is 0 Å². The number of nitrogens with zero attached hydrogens (tertiary/aromatic N) is 2. The largest absolute Gasteiger partial charge is 0.326 e. The maximum absolute atomic E-state index is 5.73. The Morgan fingerprint density at radius 1 is 0.667 bits per heavy atom. The van der Waals surface area contributed by atoms with Gasteiger partial charge in [-0.15, -0.1) is 24.8 Å². The summed E-state index contributed by atoms with van der Waals surface area (Å²) in [4.78, 5) is 5.22. The number of aryl methyl sites for hydroxylation is 1. The molecule has 27 heavy (non-hydrogen) atoms. The summed E-state index contributed by atoms with van der Waals surface area (Å²) in [5.74, 6) is 0. The molecule has 0 amide bonds. The number of halogens is 2. The third kappa shape index (κ3) is 8.20. The number of rotatable bonds is 8. The van der Waals surface area contributed by atoms with Crippen LogP contribution in [0.5, 0.6) is 0 Å². The van der Waals surface area contributed by atoms with Crippen molar-refractivity contribution in [2.45, 2.75) is 25.8 Å². The number of hydrogen-bond donors (Lipinski definition) is 1. The van der Waals surface area contributed by atoms with E-state index in [1.807, 2.05) is 0 Å². The van der Waals surface area contributed by atoms with Crippen molar-refractivity contribution >= 4 is 24.8 Å². The van der Waals surface area contributed by atoms with Crippen LogP contribution in [-0.2, 0) is 19.4 Å². The molecule has 0 bridgehead atoms. The fraction of sp³-hybridized carbons (Fsp3) is 0.455. The fourth-order valence-corrected chi connectivity index (χ4v) is 3.59. The van der Waals surface area contributed by atoms with Crippen LogP contribution in [0.25, 0.3) is 0 Å². The summed E-state index contributed by atoms with van der Waals surface area (Å²) in [6, 6.07) is 19.5. The molecule has 2 aromatic carbocycles. The molecular weight excluding hydrogens is 377 g/mol. The first kappa shape index (κ1) is 23.9. The lowest BCUT2D eigenvalue weighted by Crippen LogP contribution is -2.47. The molecule has 0 aromatic heterocycles. The Bertz CT molecular complexity index is 628. The van der Waals surface area contributed by atoms with Gasteiger partial charge in [-0.25, -0.2) is 0 Å². The van der Waals surface area contributed by atoms with Crippen molar-refractivity contribution in [2.75, 3.05) is 39.3 Å². The molecule has 0 aliphatic carbocycles. The molecule has 0 saturated carbocycles. The highest BCUT2D eigenvalue weighted by molar-refractivity contribution is 5.85. The summed E-state index contributed by atoms with van der Waals surface area (Å²) >= 11 is 0. The van der Waals surface area contributed by atoms with Gasteiger partial charge in [0.1, 0.15) is 0 Å². The van der Waals surface area contributed by atoms with Gasteiger partial charge in [-0.2, -0.15) is 0 Å². The lowest BCUT2D eigenvalue weighted by molar-refractivity contribution is 0.132. The minimum atomic E-state index is 0. The standard InChI is InChI=1S/C22H31N3.2ClH/c23-19-22-9-4-8-21(18-22)11-13-25-16-14-24(15-17-25)12-5-10-20-6-2-1-3-7-20;;/h1-4,6-9,18H,5,10-17,19,23H2;2*1H. The van der Waals surface area contributed by atoms with Gasteiger partial charge in [-0.3, -0.25) is 0 Å². The van der Waals surface area contributed by atoms with E-state index in [0.29, 0.717) is 6.54 Å². The van der Waals surface area contributed by atoms with E-state index in [4.69, 9.17) is 5.73 Å². The molecule has 1 saturated heterocycles. The fourth-order valence-electron chi connectivity index (χ4n) is 3.59. The summed E-state index contributed by atoms with van der Waals surface area (Å²) < 4.78 is 0. The van der Waals surface area contributed by atoms with E-state index >= 15 is 0 Å². The zero-order valence-corrected chi connectivity index (χ0v) is 17.7. The smallest absolute Gasteiger partial charge is 0.0178 e. The van der Waals surface area contributed by atoms with E-state index in [1.165, 1.54) is 62.3 Å². The van der Waals surface area contributed by atoms with E-state index in [9.17, 15) is 0 Å². The van der Waals surface area contributed by atoms with Crippen LogP contribution in [0.4, 0.5) is 0 Å². The predicted octanol–water partition coefficient (Wildman–Crippen LogP) is 3.78. The van der Waals surface area contributed by atoms with Gasteiger partial charge in [0, 0.05) is 39.3 Å². The highest BCUT2D eigenvalue weighted by atomic mass is 35.5. The van der Waals surface area contributed by atoms with Crippen LogP contribution in [0, 0.1) is 0 Å². The highest BCUT2D eigenvalue weighted by Crippen LogP contribution is 2.09. The topological polar surface area (TPSA) is 32.5 Å². The van der Waals surface area contributed by atoms with E-state index in [-0.39, 0.29) is 24.8 Å². The van der Waals surface area contributed by atoms with Crippen molar-refractivity contribution in [3.05, 3.63) is 71.3 Å². The average Bonchev–Trinajstić information content (AvgIpc) is 2.68. The SMILES string of the molecule is Cl.Cl.NCc1cccc(CCN2CCN(CCCc3ccccc3)CC2)c1. The van der Waals surface area contributed by atoms with Gasteiger partial charge < -0.3 is 15.5 Å². The first-order valence-corrected chi connectivity index (χ1v) is 9.60. The van der Waals surface area contributed by atoms with Gasteiger partial charge in [-0.1, -0.05) is 54.6 Å². The van der Waals surface area contributed by atoms with E-state index < -0.39 is 0 Å². The number of benzene rings is 2. The molecule has 2 aromatic rings. The molecule has 0 unspecified atom stereocenters. The maximum Gasteiger partial charge on any atom is 0.0178 e. The van der Waals surface area contributed by atoms with E-state index in [2.05, 4.69) is 64.4 Å². The number of piperazine rings is 1. The molecule has 3 rings (SSSR count). The monoisotopic (exact) mass is 409 g/mol. The highest BCUT2D eigenvalue weighted by Gasteiger charge is 2.16. The number of hydrogen-bond acceptors (Lipinski definition) is 3. The van der Waals surface area contributed by atoms with Crippen molar-refractivity contribution in [1.82, 2.24) is 9.80 Å². The Hall–Kier alpha value is -1.10. The lowest BCUT2D eigenvalue weighted by atomic mass is 10.1. The molecule has 1 heterocycles. The molecule has 0 radical (unpaired) electrons. The lowest BCUT2D eigenvalue weighted by Gasteiger charge is -2.34. The van der Waals surface area contributed by atoms with Crippen LogP contribution in [0.2, 0.25) is 0 Å². The summed E-state index contributed by atoms with van der Waals surface area (Å²) in [5.41, 5.74) is 9.84. The molecule has 0 spiro atoms. The van der Waals surface area contributed by atoms with Gasteiger partial charge >= 0.3 is 0 Å². The second-order valence-corrected chi connectivity index (χ2v) is 7.05. The van der Waals surface area contributed by atoms with Crippen molar-refractivity contribution in [3.8, 4) is 0 Å². The Morgan fingerprint density at radius 2 is 1.26 bits per heavy atom. The number of nitrogens with two attached hydrogens (primary N) is 1. The third-order valence-electron chi connectivity index (χ3n) is 5.19. The minimum Gasteiger partial charge on any atom is -0.326 e. The maximum atomic E-state index is 5.73. The molecular formula is C22H33Cl2N3. The van der Waals surface area contributed by atoms with Crippen molar-refractivity contribution in [3.63, 3.8) is 0 Å². The second-order valence-electron chi connectivity index (χ2n) is 7.05. The zero-order valence-electron chi connectivity index (χ0n) is 16.1. The second kappa shape index (κ2) is 13.1. The van der Waals surface area contributed by atoms with Crippen LogP contribution in [-0.4, -0.2) is 49.1 Å². The minimum absolute atomic E-state index is 0. The molecule has 1 fully saturated rings. The van der Waals surface area contributed by atoms with Crippen LogP contribution in [0.1, 0.15) is 23.1 Å². The van der Waals surface area contributed by atoms with E-state index in [1.54, 1.807) is 0 Å². The summed E-state index contributed by atoms with van der Waals surface area (Å²) in [6.07, 6.45) is 3.58. The van der Waals surface area contributed by atoms with Crippen LogP contribution in [0.3, 0.4) is 0 Å². The van der Waals surface area contributed by atoms with E-state index in [0.717, 1.165) is 13.0 Å². The first-order chi connectivity index (χ1) is 12.3. The van der Waals surface area contributed by atoms with Crippen molar-refractivity contribution < 1.29 is 0 Å².